The third-order valence-electron chi connectivity index (χ3n) is 2.83. The summed E-state index contributed by atoms with van der Waals surface area (Å²) in [4.78, 5) is 0. The molecule has 0 bridgehead atoms. The molecule has 0 amide bonds. The molecule has 0 fully saturated rings. The molecule has 1 rings (SSSR count). The molecule has 0 aliphatic carbocycles. The van der Waals surface area contributed by atoms with Crippen molar-refractivity contribution in [3.63, 3.8) is 0 Å². The van der Waals surface area contributed by atoms with Crippen LogP contribution in [0.3, 0.4) is 0 Å². The number of rotatable bonds is 7. The van der Waals surface area contributed by atoms with Gasteiger partial charge in [-0.2, -0.15) is 0 Å². The summed E-state index contributed by atoms with van der Waals surface area (Å²) in [6.07, 6.45) is -0.233. The Labute approximate surface area is 109 Å². The van der Waals surface area contributed by atoms with E-state index in [2.05, 4.69) is 5.32 Å². The van der Waals surface area contributed by atoms with Crippen LogP contribution in [-0.2, 0) is 0 Å². The van der Waals surface area contributed by atoms with E-state index in [0.717, 1.165) is 11.3 Å². The summed E-state index contributed by atoms with van der Waals surface area (Å²) in [7, 11) is 1.61. The summed E-state index contributed by atoms with van der Waals surface area (Å²) in [6.45, 7) is 4.21. The van der Waals surface area contributed by atoms with Crippen molar-refractivity contribution in [3.05, 3.63) is 29.8 Å². The minimum Gasteiger partial charge on any atom is -0.497 e. The van der Waals surface area contributed by atoms with E-state index in [9.17, 15) is 10.2 Å². The zero-order valence-electron chi connectivity index (χ0n) is 11.3. The number of aliphatic hydroxyl groups is 2. The monoisotopic (exact) mass is 253 g/mol. The van der Waals surface area contributed by atoms with Crippen LogP contribution < -0.4 is 10.1 Å². The third-order valence-corrected chi connectivity index (χ3v) is 2.83. The molecule has 4 heteroatoms. The molecule has 0 radical (unpaired) electrons. The smallest absolute Gasteiger partial charge is 0.119 e. The lowest BCUT2D eigenvalue weighted by molar-refractivity contribution is 0.149. The van der Waals surface area contributed by atoms with Gasteiger partial charge in [0.05, 0.1) is 19.3 Å². The first-order valence-corrected chi connectivity index (χ1v) is 6.26. The van der Waals surface area contributed by atoms with E-state index in [-0.39, 0.29) is 12.1 Å². The van der Waals surface area contributed by atoms with Crippen molar-refractivity contribution < 1.29 is 14.9 Å². The average Bonchev–Trinajstić information content (AvgIpc) is 2.35. The first-order chi connectivity index (χ1) is 8.52. The van der Waals surface area contributed by atoms with Crippen LogP contribution in [0.1, 0.15) is 31.9 Å². The van der Waals surface area contributed by atoms with Gasteiger partial charge in [-0.3, -0.25) is 0 Å². The molecule has 0 aliphatic rings. The van der Waals surface area contributed by atoms with Crippen LogP contribution in [0, 0.1) is 0 Å². The SMILES string of the molecule is COc1cccc(C(O)CNC(C)CC(C)O)c1. The lowest BCUT2D eigenvalue weighted by Crippen LogP contribution is -2.32. The number of nitrogens with one attached hydrogen (secondary N) is 1. The molecule has 0 saturated heterocycles. The number of ether oxygens (including phenoxy) is 1. The van der Waals surface area contributed by atoms with Crippen LogP contribution >= 0.6 is 0 Å². The molecule has 0 aliphatic heterocycles. The molecule has 3 atom stereocenters. The predicted octanol–water partition coefficient (Wildman–Crippen LogP) is 1.48. The maximum Gasteiger partial charge on any atom is 0.119 e. The first-order valence-electron chi connectivity index (χ1n) is 6.26. The molecule has 0 heterocycles. The highest BCUT2D eigenvalue weighted by atomic mass is 16.5. The number of hydrogen-bond donors (Lipinski definition) is 3. The molecular formula is C14H23NO3. The highest BCUT2D eigenvalue weighted by Gasteiger charge is 2.11. The number of methoxy groups -OCH3 is 1. The van der Waals surface area contributed by atoms with Gasteiger partial charge in [0.1, 0.15) is 5.75 Å². The van der Waals surface area contributed by atoms with Crippen LogP contribution in [0.15, 0.2) is 24.3 Å². The van der Waals surface area contributed by atoms with Crippen molar-refractivity contribution in [2.24, 2.45) is 0 Å². The van der Waals surface area contributed by atoms with E-state index >= 15 is 0 Å². The van der Waals surface area contributed by atoms with E-state index in [4.69, 9.17) is 4.74 Å². The van der Waals surface area contributed by atoms with Crippen molar-refractivity contribution in [2.75, 3.05) is 13.7 Å². The van der Waals surface area contributed by atoms with Gasteiger partial charge in [-0.25, -0.2) is 0 Å². The Morgan fingerprint density at radius 3 is 2.61 bits per heavy atom. The minimum atomic E-state index is -0.573. The van der Waals surface area contributed by atoms with Gasteiger partial charge in [0, 0.05) is 12.6 Å². The molecule has 102 valence electrons. The summed E-state index contributed by atoms with van der Waals surface area (Å²) in [5.74, 6) is 0.739. The molecule has 1 aromatic carbocycles. The molecule has 3 N–H and O–H groups in total. The lowest BCUT2D eigenvalue weighted by atomic mass is 10.1. The van der Waals surface area contributed by atoms with Crippen LogP contribution in [-0.4, -0.2) is 36.0 Å². The van der Waals surface area contributed by atoms with Gasteiger partial charge in [0.2, 0.25) is 0 Å². The van der Waals surface area contributed by atoms with E-state index in [0.29, 0.717) is 13.0 Å². The van der Waals surface area contributed by atoms with Crippen molar-refractivity contribution in [3.8, 4) is 5.75 Å². The van der Waals surface area contributed by atoms with Crippen molar-refractivity contribution in [1.82, 2.24) is 5.32 Å². The Kier molecular flexibility index (Phi) is 6.12. The quantitative estimate of drug-likeness (QED) is 0.689. The van der Waals surface area contributed by atoms with Gasteiger partial charge in [0.15, 0.2) is 0 Å². The van der Waals surface area contributed by atoms with Crippen LogP contribution in [0.4, 0.5) is 0 Å². The van der Waals surface area contributed by atoms with Crippen LogP contribution in [0.25, 0.3) is 0 Å². The van der Waals surface area contributed by atoms with E-state index in [1.54, 1.807) is 14.0 Å². The molecule has 0 spiro atoms. The Hall–Kier alpha value is -1.10. The maximum absolute atomic E-state index is 10.0. The minimum absolute atomic E-state index is 0.172. The Bertz CT molecular complexity index is 355. The average molecular weight is 253 g/mol. The highest BCUT2D eigenvalue weighted by molar-refractivity contribution is 5.29. The second-order valence-electron chi connectivity index (χ2n) is 4.69. The number of benzene rings is 1. The third kappa shape index (κ3) is 5.04. The van der Waals surface area contributed by atoms with Gasteiger partial charge >= 0.3 is 0 Å². The fraction of sp³-hybridized carbons (Fsp3) is 0.571. The van der Waals surface area contributed by atoms with E-state index < -0.39 is 6.10 Å². The molecule has 1 aromatic rings. The Morgan fingerprint density at radius 1 is 1.28 bits per heavy atom. The largest absolute Gasteiger partial charge is 0.497 e. The fourth-order valence-corrected chi connectivity index (χ4v) is 1.87. The normalized spacial score (nSPS) is 16.1. The van der Waals surface area contributed by atoms with Crippen LogP contribution in [0.5, 0.6) is 5.75 Å². The summed E-state index contributed by atoms with van der Waals surface area (Å²) in [5.41, 5.74) is 0.825. The topological polar surface area (TPSA) is 61.7 Å². The Morgan fingerprint density at radius 2 is 2.00 bits per heavy atom. The summed E-state index contributed by atoms with van der Waals surface area (Å²) in [6, 6.07) is 7.57. The lowest BCUT2D eigenvalue weighted by Gasteiger charge is -2.18. The Balaban J connectivity index is 2.46. The number of aliphatic hydroxyl groups excluding tert-OH is 2. The highest BCUT2D eigenvalue weighted by Crippen LogP contribution is 2.18. The second kappa shape index (κ2) is 7.36. The van der Waals surface area contributed by atoms with Gasteiger partial charge in [-0.05, 0) is 38.0 Å². The second-order valence-corrected chi connectivity index (χ2v) is 4.69. The van der Waals surface area contributed by atoms with Gasteiger partial charge in [0.25, 0.3) is 0 Å². The molecular weight excluding hydrogens is 230 g/mol. The number of hydrogen-bond acceptors (Lipinski definition) is 4. The summed E-state index contributed by atoms with van der Waals surface area (Å²) >= 11 is 0. The molecule has 0 saturated carbocycles. The van der Waals surface area contributed by atoms with Crippen LogP contribution in [0.2, 0.25) is 0 Å². The molecule has 18 heavy (non-hydrogen) atoms. The zero-order chi connectivity index (χ0) is 13.5. The van der Waals surface area contributed by atoms with E-state index in [1.807, 2.05) is 31.2 Å². The molecule has 3 unspecified atom stereocenters. The maximum atomic E-state index is 10.0. The molecule has 4 nitrogen and oxygen atoms in total. The van der Waals surface area contributed by atoms with Gasteiger partial charge < -0.3 is 20.3 Å². The molecule has 0 aromatic heterocycles. The van der Waals surface area contributed by atoms with Gasteiger partial charge in [-0.1, -0.05) is 12.1 Å². The van der Waals surface area contributed by atoms with Crippen molar-refractivity contribution >= 4 is 0 Å². The van der Waals surface area contributed by atoms with Crippen molar-refractivity contribution in [2.45, 2.75) is 38.5 Å². The van der Waals surface area contributed by atoms with Crippen molar-refractivity contribution in [1.29, 1.82) is 0 Å². The summed E-state index contributed by atoms with van der Waals surface area (Å²) in [5, 5.41) is 22.5. The summed E-state index contributed by atoms with van der Waals surface area (Å²) < 4.78 is 5.12. The first kappa shape index (κ1) is 15.0. The standard InChI is InChI=1S/C14H23NO3/c1-10(7-11(2)16)15-9-14(17)12-5-4-6-13(8-12)18-3/h4-6,8,10-11,14-17H,7,9H2,1-3H3. The zero-order valence-corrected chi connectivity index (χ0v) is 11.3. The predicted molar refractivity (Wildman–Crippen MR) is 71.7 cm³/mol. The van der Waals surface area contributed by atoms with E-state index in [1.165, 1.54) is 0 Å². The fourth-order valence-electron chi connectivity index (χ4n) is 1.87. The van der Waals surface area contributed by atoms with Gasteiger partial charge in [-0.15, -0.1) is 0 Å².